The lowest BCUT2D eigenvalue weighted by atomic mass is 9.88. The molecule has 37 heavy (non-hydrogen) atoms. The van der Waals surface area contributed by atoms with E-state index in [2.05, 4.69) is 28.8 Å². The average Bonchev–Trinajstić information content (AvgIpc) is 2.95. The number of amides is 3. The molecule has 3 aromatic rings. The van der Waals surface area contributed by atoms with E-state index < -0.39 is 0 Å². The van der Waals surface area contributed by atoms with Crippen LogP contribution < -0.4 is 15.5 Å². The molecule has 0 radical (unpaired) electrons. The highest BCUT2D eigenvalue weighted by atomic mass is 16.2. The molecule has 4 rings (SSSR count). The molecular formula is C31H36N4O2. The van der Waals surface area contributed by atoms with Gasteiger partial charge in [-0.25, -0.2) is 4.79 Å². The molecule has 6 heteroatoms. The summed E-state index contributed by atoms with van der Waals surface area (Å²) < 4.78 is 0. The van der Waals surface area contributed by atoms with E-state index in [4.69, 9.17) is 0 Å². The summed E-state index contributed by atoms with van der Waals surface area (Å²) in [7, 11) is 1.76. The number of rotatable bonds is 7. The van der Waals surface area contributed by atoms with Crippen molar-refractivity contribution in [3.05, 3.63) is 101 Å². The number of anilines is 2. The first kappa shape index (κ1) is 26.2. The second-order valence-electron chi connectivity index (χ2n) is 9.19. The third-order valence-corrected chi connectivity index (χ3v) is 6.88. The summed E-state index contributed by atoms with van der Waals surface area (Å²) in [6.45, 7) is 7.26. The molecule has 3 amide bonds. The second kappa shape index (κ2) is 12.4. The molecule has 1 saturated heterocycles. The third kappa shape index (κ3) is 6.27. The van der Waals surface area contributed by atoms with Crippen LogP contribution in [-0.4, -0.2) is 50.1 Å². The summed E-state index contributed by atoms with van der Waals surface area (Å²) in [6.07, 6.45) is 1.92. The molecule has 1 heterocycles. The van der Waals surface area contributed by atoms with Crippen LogP contribution in [0.3, 0.4) is 0 Å². The van der Waals surface area contributed by atoms with Gasteiger partial charge >= 0.3 is 6.03 Å². The number of carbonyl (C=O) groups is 2. The van der Waals surface area contributed by atoms with Gasteiger partial charge in [-0.2, -0.15) is 0 Å². The summed E-state index contributed by atoms with van der Waals surface area (Å²) in [6, 6.07) is 25.4. The molecule has 1 aliphatic rings. The van der Waals surface area contributed by atoms with Crippen LogP contribution in [0, 0.1) is 0 Å². The normalized spacial score (nSPS) is 13.1. The highest BCUT2D eigenvalue weighted by Gasteiger charge is 2.18. The maximum absolute atomic E-state index is 12.9. The minimum atomic E-state index is -0.196. The number of hydrogen-bond donors (Lipinski definition) is 2. The Balaban J connectivity index is 1.63. The average molecular weight is 497 g/mol. The van der Waals surface area contributed by atoms with Crippen molar-refractivity contribution in [1.29, 1.82) is 0 Å². The van der Waals surface area contributed by atoms with E-state index in [0.29, 0.717) is 18.7 Å². The lowest BCUT2D eigenvalue weighted by Crippen LogP contribution is -2.31. The number of nitrogens with one attached hydrogen (secondary N) is 2. The van der Waals surface area contributed by atoms with Gasteiger partial charge in [-0.15, -0.1) is 0 Å². The van der Waals surface area contributed by atoms with Gasteiger partial charge in [-0.3, -0.25) is 9.69 Å². The van der Waals surface area contributed by atoms with Crippen molar-refractivity contribution in [2.24, 2.45) is 0 Å². The summed E-state index contributed by atoms with van der Waals surface area (Å²) in [5, 5.41) is 6.48. The minimum absolute atomic E-state index is 0.0554. The number of urea groups is 1. The Morgan fingerprint density at radius 1 is 0.811 bits per heavy atom. The van der Waals surface area contributed by atoms with Gasteiger partial charge in [0.25, 0.3) is 5.91 Å². The lowest BCUT2D eigenvalue weighted by Gasteiger charge is -2.23. The number of para-hydroxylation sites is 1. The van der Waals surface area contributed by atoms with Gasteiger partial charge in [0.2, 0.25) is 0 Å². The number of hydrogen-bond acceptors (Lipinski definition) is 3. The van der Waals surface area contributed by atoms with E-state index in [-0.39, 0.29) is 11.9 Å². The molecular weight excluding hydrogens is 460 g/mol. The van der Waals surface area contributed by atoms with Crippen molar-refractivity contribution >= 4 is 28.9 Å². The van der Waals surface area contributed by atoms with Gasteiger partial charge in [0.15, 0.2) is 0 Å². The molecule has 2 N–H and O–H groups in total. The minimum Gasteiger partial charge on any atom is -0.339 e. The quantitative estimate of drug-likeness (QED) is 0.420. The van der Waals surface area contributed by atoms with Crippen LogP contribution in [0.4, 0.5) is 16.2 Å². The smallest absolute Gasteiger partial charge is 0.326 e. The first-order valence-electron chi connectivity index (χ1n) is 13.0. The van der Waals surface area contributed by atoms with Crippen LogP contribution in [0.1, 0.15) is 48.2 Å². The van der Waals surface area contributed by atoms with Gasteiger partial charge in [0, 0.05) is 37.1 Å². The maximum atomic E-state index is 12.9. The highest BCUT2D eigenvalue weighted by molar-refractivity contribution is 6.01. The SMILES string of the molecule is CCN(CC)C(=O)c1ccc(C(=C2CCNCC2)c2cccc(NC(=O)N(C)c3ccccc3)c2)cc1. The van der Waals surface area contributed by atoms with Crippen molar-refractivity contribution in [2.45, 2.75) is 26.7 Å². The fraction of sp³-hybridized carbons (Fsp3) is 0.290. The number of piperidine rings is 1. The number of carbonyl (C=O) groups excluding carboxylic acids is 2. The largest absolute Gasteiger partial charge is 0.339 e. The van der Waals surface area contributed by atoms with Crippen LogP contribution in [0.15, 0.2) is 84.4 Å². The van der Waals surface area contributed by atoms with E-state index in [1.807, 2.05) is 79.4 Å². The first-order chi connectivity index (χ1) is 18.0. The van der Waals surface area contributed by atoms with Crippen LogP contribution >= 0.6 is 0 Å². The molecule has 0 spiro atoms. The summed E-state index contributed by atoms with van der Waals surface area (Å²) >= 11 is 0. The van der Waals surface area contributed by atoms with Crippen molar-refractivity contribution in [3.8, 4) is 0 Å². The molecule has 1 aliphatic heterocycles. The van der Waals surface area contributed by atoms with Gasteiger partial charge in [-0.1, -0.05) is 48.0 Å². The van der Waals surface area contributed by atoms with Gasteiger partial charge in [0.05, 0.1) is 0 Å². The number of nitrogens with zero attached hydrogens (tertiary/aromatic N) is 2. The van der Waals surface area contributed by atoms with Crippen LogP contribution in [0.5, 0.6) is 0 Å². The zero-order chi connectivity index (χ0) is 26.2. The van der Waals surface area contributed by atoms with Crippen molar-refractivity contribution < 1.29 is 9.59 Å². The summed E-state index contributed by atoms with van der Waals surface area (Å²) in [5.41, 5.74) is 6.96. The van der Waals surface area contributed by atoms with Crippen LogP contribution in [0.25, 0.3) is 5.57 Å². The highest BCUT2D eigenvalue weighted by Crippen LogP contribution is 2.33. The van der Waals surface area contributed by atoms with Gasteiger partial charge in [-0.05, 0) is 92.9 Å². The Kier molecular flexibility index (Phi) is 8.75. The Labute approximate surface area is 220 Å². The second-order valence-corrected chi connectivity index (χ2v) is 9.19. The Morgan fingerprint density at radius 3 is 2.11 bits per heavy atom. The molecule has 0 saturated carbocycles. The standard InChI is InChI=1S/C31H36N4O2/c1-4-35(5-2)30(36)25-16-14-23(15-17-25)29(24-18-20-32-21-19-24)26-10-9-11-27(22-26)33-31(37)34(3)28-12-7-6-8-13-28/h6-17,22,32H,4-5,18-21H2,1-3H3,(H,33,37). The molecule has 0 atom stereocenters. The molecule has 0 aromatic heterocycles. The van der Waals surface area contributed by atoms with Crippen LogP contribution in [0.2, 0.25) is 0 Å². The Bertz CT molecular complexity index is 1240. The Hall–Kier alpha value is -3.90. The zero-order valence-corrected chi connectivity index (χ0v) is 22.0. The molecule has 1 fully saturated rings. The first-order valence-corrected chi connectivity index (χ1v) is 13.0. The monoisotopic (exact) mass is 496 g/mol. The summed E-state index contributed by atoms with van der Waals surface area (Å²) in [4.78, 5) is 29.2. The van der Waals surface area contributed by atoms with Crippen LogP contribution in [-0.2, 0) is 0 Å². The fourth-order valence-corrected chi connectivity index (χ4v) is 4.75. The van der Waals surface area contributed by atoms with Crippen molar-refractivity contribution in [1.82, 2.24) is 10.2 Å². The molecule has 3 aromatic carbocycles. The van der Waals surface area contributed by atoms with E-state index in [1.54, 1.807) is 11.9 Å². The van der Waals surface area contributed by atoms with Crippen molar-refractivity contribution in [2.75, 3.05) is 43.4 Å². The third-order valence-electron chi connectivity index (χ3n) is 6.88. The lowest BCUT2D eigenvalue weighted by molar-refractivity contribution is 0.0773. The Morgan fingerprint density at radius 2 is 1.46 bits per heavy atom. The topological polar surface area (TPSA) is 64.7 Å². The molecule has 0 aliphatic carbocycles. The van der Waals surface area contributed by atoms with E-state index in [1.165, 1.54) is 11.1 Å². The maximum Gasteiger partial charge on any atom is 0.326 e. The van der Waals surface area contributed by atoms with E-state index >= 15 is 0 Å². The number of benzene rings is 3. The molecule has 192 valence electrons. The van der Waals surface area contributed by atoms with Crippen molar-refractivity contribution in [3.63, 3.8) is 0 Å². The molecule has 0 unspecified atom stereocenters. The fourth-order valence-electron chi connectivity index (χ4n) is 4.75. The van der Waals surface area contributed by atoms with E-state index in [9.17, 15) is 9.59 Å². The molecule has 6 nitrogen and oxygen atoms in total. The zero-order valence-electron chi connectivity index (χ0n) is 22.0. The predicted octanol–water partition coefficient (Wildman–Crippen LogP) is 6.02. The van der Waals surface area contributed by atoms with E-state index in [0.717, 1.165) is 48.4 Å². The summed E-state index contributed by atoms with van der Waals surface area (Å²) in [5.74, 6) is 0.0554. The van der Waals surface area contributed by atoms with Gasteiger partial charge in [0.1, 0.15) is 0 Å². The molecule has 0 bridgehead atoms. The van der Waals surface area contributed by atoms with Gasteiger partial charge < -0.3 is 15.5 Å². The predicted molar refractivity (Wildman–Crippen MR) is 152 cm³/mol.